The fourth-order valence-corrected chi connectivity index (χ4v) is 2.31. The Kier molecular flexibility index (Phi) is 5.01. The Bertz CT molecular complexity index is 546. The standard InChI is InChI=1S/C15H20N2O3S/c1-10(2)17(7-6-13(16)21)15(18)11-4-3-5-12-14(11)20-9-8-19-12/h3-5,10H,6-9H2,1-2H3,(H2,16,21). The van der Waals surface area contributed by atoms with Gasteiger partial charge >= 0.3 is 0 Å². The van der Waals surface area contributed by atoms with E-state index in [9.17, 15) is 4.79 Å². The Morgan fingerprint density at radius 2 is 2.10 bits per heavy atom. The van der Waals surface area contributed by atoms with Crippen molar-refractivity contribution in [2.24, 2.45) is 5.73 Å². The molecule has 1 aliphatic rings. The summed E-state index contributed by atoms with van der Waals surface area (Å²) in [6.07, 6.45) is 0.506. The van der Waals surface area contributed by atoms with E-state index < -0.39 is 0 Å². The van der Waals surface area contributed by atoms with E-state index in [1.807, 2.05) is 13.8 Å². The van der Waals surface area contributed by atoms with Crippen LogP contribution in [0.25, 0.3) is 0 Å². The molecule has 0 unspecified atom stereocenters. The topological polar surface area (TPSA) is 64.8 Å². The minimum atomic E-state index is -0.0939. The van der Waals surface area contributed by atoms with Crippen LogP contribution in [-0.4, -0.2) is 41.6 Å². The molecule has 0 aliphatic carbocycles. The van der Waals surface area contributed by atoms with Gasteiger partial charge in [-0.2, -0.15) is 0 Å². The van der Waals surface area contributed by atoms with Crippen molar-refractivity contribution in [3.05, 3.63) is 23.8 Å². The van der Waals surface area contributed by atoms with Gasteiger partial charge in [-0.3, -0.25) is 4.79 Å². The first-order valence-corrected chi connectivity index (χ1v) is 7.39. The average molecular weight is 308 g/mol. The van der Waals surface area contributed by atoms with E-state index in [0.29, 0.717) is 48.2 Å². The summed E-state index contributed by atoms with van der Waals surface area (Å²) in [6, 6.07) is 5.41. The molecule has 0 fully saturated rings. The lowest BCUT2D eigenvalue weighted by Gasteiger charge is -2.28. The number of hydrogen-bond acceptors (Lipinski definition) is 4. The van der Waals surface area contributed by atoms with Crippen LogP contribution in [0.5, 0.6) is 11.5 Å². The number of benzene rings is 1. The van der Waals surface area contributed by atoms with Crippen LogP contribution in [-0.2, 0) is 0 Å². The number of carbonyl (C=O) groups excluding carboxylic acids is 1. The number of hydrogen-bond donors (Lipinski definition) is 1. The summed E-state index contributed by atoms with van der Waals surface area (Å²) in [6.45, 7) is 5.37. The number of nitrogens with zero attached hydrogens (tertiary/aromatic N) is 1. The molecule has 0 saturated heterocycles. The molecular formula is C15H20N2O3S. The third kappa shape index (κ3) is 3.64. The molecule has 1 aromatic rings. The van der Waals surface area contributed by atoms with Crippen molar-refractivity contribution >= 4 is 23.1 Å². The molecule has 0 bridgehead atoms. The highest BCUT2D eigenvalue weighted by atomic mass is 32.1. The first-order chi connectivity index (χ1) is 10.0. The number of nitrogens with two attached hydrogens (primary N) is 1. The molecule has 0 saturated carbocycles. The lowest BCUT2D eigenvalue weighted by Crippen LogP contribution is -2.39. The lowest BCUT2D eigenvalue weighted by atomic mass is 10.1. The SMILES string of the molecule is CC(C)N(CCC(N)=S)C(=O)c1cccc2c1OCCO2. The maximum Gasteiger partial charge on any atom is 0.258 e. The molecule has 0 spiro atoms. The summed E-state index contributed by atoms with van der Waals surface area (Å²) in [5, 5.41) is 0. The molecule has 0 atom stereocenters. The second kappa shape index (κ2) is 6.76. The molecule has 1 heterocycles. The van der Waals surface area contributed by atoms with Crippen molar-refractivity contribution in [1.29, 1.82) is 0 Å². The van der Waals surface area contributed by atoms with Crippen molar-refractivity contribution in [3.63, 3.8) is 0 Å². The van der Waals surface area contributed by atoms with Gasteiger partial charge in [-0.15, -0.1) is 0 Å². The maximum absolute atomic E-state index is 12.8. The molecule has 0 aromatic heterocycles. The largest absolute Gasteiger partial charge is 0.486 e. The van der Waals surface area contributed by atoms with Gasteiger partial charge in [0.15, 0.2) is 11.5 Å². The fourth-order valence-electron chi connectivity index (χ4n) is 2.22. The van der Waals surface area contributed by atoms with Crippen LogP contribution < -0.4 is 15.2 Å². The van der Waals surface area contributed by atoms with Gasteiger partial charge in [0.2, 0.25) is 0 Å². The highest BCUT2D eigenvalue weighted by molar-refractivity contribution is 7.80. The first-order valence-electron chi connectivity index (χ1n) is 6.98. The maximum atomic E-state index is 12.8. The van der Waals surface area contributed by atoms with E-state index in [-0.39, 0.29) is 11.9 Å². The minimum Gasteiger partial charge on any atom is -0.486 e. The second-order valence-corrected chi connectivity index (χ2v) is 5.66. The van der Waals surface area contributed by atoms with Crippen molar-refractivity contribution in [2.45, 2.75) is 26.3 Å². The van der Waals surface area contributed by atoms with Gasteiger partial charge in [-0.05, 0) is 26.0 Å². The van der Waals surface area contributed by atoms with E-state index >= 15 is 0 Å². The van der Waals surface area contributed by atoms with E-state index in [1.54, 1.807) is 23.1 Å². The number of fused-ring (bicyclic) bond motifs is 1. The van der Waals surface area contributed by atoms with Crippen LogP contribution >= 0.6 is 12.2 Å². The van der Waals surface area contributed by atoms with Gasteiger partial charge in [0.25, 0.3) is 5.91 Å². The Labute approximate surface area is 130 Å². The highest BCUT2D eigenvalue weighted by Crippen LogP contribution is 2.34. The quantitative estimate of drug-likeness (QED) is 0.843. The van der Waals surface area contributed by atoms with Crippen molar-refractivity contribution < 1.29 is 14.3 Å². The summed E-state index contributed by atoms with van der Waals surface area (Å²) in [5.41, 5.74) is 6.06. The van der Waals surface area contributed by atoms with Crippen LogP contribution in [0.4, 0.5) is 0 Å². The summed E-state index contributed by atoms with van der Waals surface area (Å²) in [7, 11) is 0. The van der Waals surface area contributed by atoms with Crippen molar-refractivity contribution in [1.82, 2.24) is 4.90 Å². The molecule has 6 heteroatoms. The molecule has 1 aromatic carbocycles. The number of rotatable bonds is 5. The Hall–Kier alpha value is -1.82. The monoisotopic (exact) mass is 308 g/mol. The van der Waals surface area contributed by atoms with E-state index in [0.717, 1.165) is 0 Å². The summed E-state index contributed by atoms with van der Waals surface area (Å²) in [4.78, 5) is 14.9. The molecule has 1 aliphatic heterocycles. The zero-order valence-corrected chi connectivity index (χ0v) is 13.1. The van der Waals surface area contributed by atoms with Crippen molar-refractivity contribution in [3.8, 4) is 11.5 Å². The molecular weight excluding hydrogens is 288 g/mol. The number of amides is 1. The molecule has 5 nitrogen and oxygen atoms in total. The van der Waals surface area contributed by atoms with Crippen LogP contribution in [0.15, 0.2) is 18.2 Å². The molecule has 2 N–H and O–H groups in total. The average Bonchev–Trinajstić information content (AvgIpc) is 2.46. The van der Waals surface area contributed by atoms with Crippen LogP contribution in [0.1, 0.15) is 30.6 Å². The van der Waals surface area contributed by atoms with Gasteiger partial charge in [0, 0.05) is 19.0 Å². The van der Waals surface area contributed by atoms with Gasteiger partial charge in [-0.1, -0.05) is 18.3 Å². The van der Waals surface area contributed by atoms with Crippen molar-refractivity contribution in [2.75, 3.05) is 19.8 Å². The number of carbonyl (C=O) groups is 1. The predicted molar refractivity (Wildman–Crippen MR) is 85.0 cm³/mol. The number of thiocarbonyl (C=S) groups is 1. The van der Waals surface area contributed by atoms with Gasteiger partial charge in [0.05, 0.1) is 10.6 Å². The number of para-hydroxylation sites is 1. The predicted octanol–water partition coefficient (Wildman–Crippen LogP) is 1.98. The summed E-state index contributed by atoms with van der Waals surface area (Å²) in [5.74, 6) is 1.04. The lowest BCUT2D eigenvalue weighted by molar-refractivity contribution is 0.0701. The molecule has 21 heavy (non-hydrogen) atoms. The van der Waals surface area contributed by atoms with E-state index in [1.165, 1.54) is 0 Å². The zero-order valence-electron chi connectivity index (χ0n) is 12.3. The van der Waals surface area contributed by atoms with Crippen LogP contribution in [0, 0.1) is 0 Å². The second-order valence-electron chi connectivity index (χ2n) is 5.14. The summed E-state index contributed by atoms with van der Waals surface area (Å²) >= 11 is 4.90. The normalized spacial score (nSPS) is 13.1. The third-order valence-electron chi connectivity index (χ3n) is 3.28. The van der Waals surface area contributed by atoms with Gasteiger partial charge in [0.1, 0.15) is 13.2 Å². The molecule has 114 valence electrons. The smallest absolute Gasteiger partial charge is 0.258 e. The highest BCUT2D eigenvalue weighted by Gasteiger charge is 2.25. The Balaban J connectivity index is 2.26. The molecule has 1 amide bonds. The Morgan fingerprint density at radius 1 is 1.38 bits per heavy atom. The zero-order chi connectivity index (χ0) is 15.4. The first kappa shape index (κ1) is 15.6. The van der Waals surface area contributed by atoms with Crippen LogP contribution in [0.3, 0.4) is 0 Å². The minimum absolute atomic E-state index is 0.0483. The van der Waals surface area contributed by atoms with Gasteiger partial charge in [-0.25, -0.2) is 0 Å². The van der Waals surface area contributed by atoms with E-state index in [4.69, 9.17) is 27.4 Å². The molecule has 0 radical (unpaired) electrons. The Morgan fingerprint density at radius 3 is 2.76 bits per heavy atom. The van der Waals surface area contributed by atoms with Gasteiger partial charge < -0.3 is 20.1 Å². The van der Waals surface area contributed by atoms with Crippen LogP contribution in [0.2, 0.25) is 0 Å². The number of ether oxygens (including phenoxy) is 2. The third-order valence-corrected chi connectivity index (χ3v) is 3.48. The fraction of sp³-hybridized carbons (Fsp3) is 0.467. The van der Waals surface area contributed by atoms with E-state index in [2.05, 4.69) is 0 Å². The summed E-state index contributed by atoms with van der Waals surface area (Å²) < 4.78 is 11.1. The molecule has 2 rings (SSSR count).